The molecule has 0 aliphatic rings. The molecule has 1 N–H and O–H groups in total. The van der Waals surface area contributed by atoms with Gasteiger partial charge < -0.3 is 15.0 Å². The summed E-state index contributed by atoms with van der Waals surface area (Å²) in [6, 6.07) is 19.6. The van der Waals surface area contributed by atoms with Crippen molar-refractivity contribution in [3.63, 3.8) is 0 Å². The molecule has 0 bridgehead atoms. The SMILES string of the molecule is CC(C)(C)NC(=O)[C@H](Cc1ccccc1)N(Cc1ccc(F)cc1)C(=O)COc1ccc(Br)cc1Cl. The minimum absolute atomic E-state index is 0.103. The van der Waals surface area contributed by atoms with Crippen molar-refractivity contribution < 1.29 is 18.7 Å². The second-order valence-electron chi connectivity index (χ2n) is 9.46. The number of rotatable bonds is 9. The predicted octanol–water partition coefficient (Wildman–Crippen LogP) is 6.18. The Morgan fingerprint density at radius 3 is 2.31 bits per heavy atom. The lowest BCUT2D eigenvalue weighted by molar-refractivity contribution is -0.143. The van der Waals surface area contributed by atoms with Gasteiger partial charge in [-0.25, -0.2) is 4.39 Å². The first kappa shape index (κ1) is 27.7. The number of nitrogens with zero attached hydrogens (tertiary/aromatic N) is 1. The van der Waals surface area contributed by atoms with Crippen molar-refractivity contribution >= 4 is 39.3 Å². The quantitative estimate of drug-likeness (QED) is 0.332. The Labute approximate surface area is 224 Å². The molecule has 0 aliphatic heterocycles. The Bertz CT molecular complexity index is 1180. The number of hydrogen-bond donors (Lipinski definition) is 1. The number of carbonyl (C=O) groups is 2. The third kappa shape index (κ3) is 8.35. The maximum Gasteiger partial charge on any atom is 0.261 e. The molecule has 2 amide bonds. The van der Waals surface area contributed by atoms with Gasteiger partial charge in [-0.05, 0) is 62.2 Å². The molecule has 0 unspecified atom stereocenters. The highest BCUT2D eigenvalue weighted by atomic mass is 79.9. The number of nitrogens with one attached hydrogen (secondary N) is 1. The summed E-state index contributed by atoms with van der Waals surface area (Å²) >= 11 is 9.60. The van der Waals surface area contributed by atoms with E-state index >= 15 is 0 Å². The Morgan fingerprint density at radius 2 is 1.69 bits per heavy atom. The highest BCUT2D eigenvalue weighted by Crippen LogP contribution is 2.28. The fraction of sp³-hybridized carbons (Fsp3) is 0.286. The maximum absolute atomic E-state index is 13.6. The number of amides is 2. The van der Waals surface area contributed by atoms with E-state index in [4.69, 9.17) is 16.3 Å². The van der Waals surface area contributed by atoms with Crippen molar-refractivity contribution in [3.8, 4) is 5.75 Å². The summed E-state index contributed by atoms with van der Waals surface area (Å²) in [4.78, 5) is 28.5. The average Bonchev–Trinajstić information content (AvgIpc) is 2.81. The van der Waals surface area contributed by atoms with Gasteiger partial charge in [-0.3, -0.25) is 9.59 Å². The molecule has 190 valence electrons. The third-order valence-electron chi connectivity index (χ3n) is 5.28. The number of hydrogen-bond acceptors (Lipinski definition) is 3. The lowest BCUT2D eigenvalue weighted by Crippen LogP contribution is -2.55. The highest BCUT2D eigenvalue weighted by Gasteiger charge is 2.32. The van der Waals surface area contributed by atoms with Gasteiger partial charge >= 0.3 is 0 Å². The minimum Gasteiger partial charge on any atom is -0.482 e. The van der Waals surface area contributed by atoms with Gasteiger partial charge in [-0.2, -0.15) is 0 Å². The predicted molar refractivity (Wildman–Crippen MR) is 143 cm³/mol. The Kier molecular flexibility index (Phi) is 9.51. The van der Waals surface area contributed by atoms with Crippen LogP contribution in [0.1, 0.15) is 31.9 Å². The first-order valence-electron chi connectivity index (χ1n) is 11.5. The number of carbonyl (C=O) groups excluding carboxylic acids is 2. The Balaban J connectivity index is 1.93. The van der Waals surface area contributed by atoms with Crippen LogP contribution in [0.15, 0.2) is 77.3 Å². The van der Waals surface area contributed by atoms with Crippen LogP contribution in [0.4, 0.5) is 4.39 Å². The summed E-state index contributed by atoms with van der Waals surface area (Å²) in [5.41, 5.74) is 1.09. The van der Waals surface area contributed by atoms with Gasteiger partial charge in [0.1, 0.15) is 17.6 Å². The van der Waals surface area contributed by atoms with Crippen molar-refractivity contribution in [1.29, 1.82) is 0 Å². The third-order valence-corrected chi connectivity index (χ3v) is 6.07. The molecule has 1 atom stereocenters. The van der Waals surface area contributed by atoms with Crippen LogP contribution in [0.2, 0.25) is 5.02 Å². The molecule has 0 fully saturated rings. The van der Waals surface area contributed by atoms with E-state index in [1.54, 1.807) is 30.3 Å². The van der Waals surface area contributed by atoms with Crippen LogP contribution in [0.3, 0.4) is 0 Å². The number of ether oxygens (including phenoxy) is 1. The number of halogens is 3. The minimum atomic E-state index is -0.826. The summed E-state index contributed by atoms with van der Waals surface area (Å²) in [5, 5.41) is 3.35. The first-order valence-corrected chi connectivity index (χ1v) is 12.7. The van der Waals surface area contributed by atoms with E-state index in [2.05, 4.69) is 21.2 Å². The smallest absolute Gasteiger partial charge is 0.261 e. The fourth-order valence-corrected chi connectivity index (χ4v) is 4.34. The standard InChI is InChI=1S/C28H29BrClFN2O3/c1-28(2,3)32-27(35)24(15-19-7-5-4-6-8-19)33(17-20-9-12-22(31)13-10-20)26(34)18-36-25-14-11-21(29)16-23(25)30/h4-14,16,24H,15,17-18H2,1-3H3,(H,32,35)/t24-/m0/s1. The van der Waals surface area contributed by atoms with E-state index in [0.29, 0.717) is 22.8 Å². The lowest BCUT2D eigenvalue weighted by Gasteiger charge is -2.33. The van der Waals surface area contributed by atoms with Crippen LogP contribution >= 0.6 is 27.5 Å². The first-order chi connectivity index (χ1) is 17.0. The van der Waals surface area contributed by atoms with Crippen LogP contribution in [0.25, 0.3) is 0 Å². The molecule has 0 spiro atoms. The molecular weight excluding hydrogens is 547 g/mol. The van der Waals surface area contributed by atoms with Crippen molar-refractivity contribution in [2.75, 3.05) is 6.61 Å². The molecule has 3 aromatic carbocycles. The van der Waals surface area contributed by atoms with Crippen LogP contribution in [-0.2, 0) is 22.6 Å². The Morgan fingerprint density at radius 1 is 1.03 bits per heavy atom. The molecule has 5 nitrogen and oxygen atoms in total. The zero-order valence-corrected chi connectivity index (χ0v) is 22.8. The van der Waals surface area contributed by atoms with Gasteiger partial charge in [0, 0.05) is 23.0 Å². The van der Waals surface area contributed by atoms with E-state index in [1.807, 2.05) is 51.1 Å². The molecule has 0 radical (unpaired) electrons. The molecule has 0 heterocycles. The van der Waals surface area contributed by atoms with Gasteiger partial charge in [0.2, 0.25) is 5.91 Å². The summed E-state index contributed by atoms with van der Waals surface area (Å²) in [5.74, 6) is -0.711. The van der Waals surface area contributed by atoms with Crippen molar-refractivity contribution in [2.24, 2.45) is 0 Å². The summed E-state index contributed by atoms with van der Waals surface area (Å²) < 4.78 is 20.1. The van der Waals surface area contributed by atoms with E-state index < -0.39 is 17.5 Å². The van der Waals surface area contributed by atoms with E-state index in [0.717, 1.165) is 10.0 Å². The normalized spacial score (nSPS) is 12.1. The molecule has 0 aromatic heterocycles. The molecule has 36 heavy (non-hydrogen) atoms. The van der Waals surface area contributed by atoms with Crippen LogP contribution in [0, 0.1) is 5.82 Å². The zero-order valence-electron chi connectivity index (χ0n) is 20.4. The zero-order chi connectivity index (χ0) is 26.3. The van der Waals surface area contributed by atoms with Gasteiger partial charge in [0.25, 0.3) is 5.91 Å². The van der Waals surface area contributed by atoms with E-state index in [9.17, 15) is 14.0 Å². The largest absolute Gasteiger partial charge is 0.482 e. The monoisotopic (exact) mass is 574 g/mol. The summed E-state index contributed by atoms with van der Waals surface area (Å²) in [6.07, 6.45) is 0.300. The molecular formula is C28H29BrClFN2O3. The molecule has 3 aromatic rings. The molecule has 8 heteroatoms. The fourth-order valence-electron chi connectivity index (χ4n) is 3.61. The van der Waals surface area contributed by atoms with Gasteiger partial charge in [-0.15, -0.1) is 0 Å². The summed E-state index contributed by atoms with van der Waals surface area (Å²) in [7, 11) is 0. The number of benzene rings is 3. The van der Waals surface area contributed by atoms with Gasteiger partial charge in [0.05, 0.1) is 5.02 Å². The topological polar surface area (TPSA) is 58.6 Å². The van der Waals surface area contributed by atoms with Crippen LogP contribution < -0.4 is 10.1 Å². The second kappa shape index (κ2) is 12.4. The molecule has 0 saturated heterocycles. The van der Waals surface area contributed by atoms with E-state index in [-0.39, 0.29) is 24.9 Å². The van der Waals surface area contributed by atoms with Crippen molar-refractivity contribution in [3.05, 3.63) is 99.2 Å². The van der Waals surface area contributed by atoms with Crippen LogP contribution in [0.5, 0.6) is 5.75 Å². The van der Waals surface area contributed by atoms with Crippen molar-refractivity contribution in [1.82, 2.24) is 10.2 Å². The van der Waals surface area contributed by atoms with E-state index in [1.165, 1.54) is 17.0 Å². The maximum atomic E-state index is 13.6. The highest BCUT2D eigenvalue weighted by molar-refractivity contribution is 9.10. The summed E-state index contributed by atoms with van der Waals surface area (Å²) in [6.45, 7) is 5.43. The van der Waals surface area contributed by atoms with Gasteiger partial charge in [-0.1, -0.05) is 70.0 Å². The second-order valence-corrected chi connectivity index (χ2v) is 10.8. The lowest BCUT2D eigenvalue weighted by atomic mass is 10.0. The molecule has 0 saturated carbocycles. The van der Waals surface area contributed by atoms with Gasteiger partial charge in [0.15, 0.2) is 6.61 Å². The molecule has 3 rings (SSSR count). The van der Waals surface area contributed by atoms with Crippen molar-refractivity contribution in [2.45, 2.75) is 45.3 Å². The average molecular weight is 576 g/mol. The Hall–Kier alpha value is -2.90. The van der Waals surface area contributed by atoms with Crippen LogP contribution in [-0.4, -0.2) is 34.9 Å². The molecule has 0 aliphatic carbocycles.